The van der Waals surface area contributed by atoms with Crippen molar-refractivity contribution in [2.45, 2.75) is 26.7 Å². The quantitative estimate of drug-likeness (QED) is 0.869. The summed E-state index contributed by atoms with van der Waals surface area (Å²) >= 11 is 1.51. The number of thiophene rings is 1. The molecule has 0 bridgehead atoms. The van der Waals surface area contributed by atoms with Gasteiger partial charge >= 0.3 is 0 Å². The standard InChI is InChI=1S/C15H20N2O2S/c1-5-6-8-16(3)14(18)12-10(2)20-11-7-9-17(4)15(19)13(11)12/h7,9H,5-6,8H2,1-4H3. The summed E-state index contributed by atoms with van der Waals surface area (Å²) in [6.45, 7) is 4.73. The van der Waals surface area contributed by atoms with Crippen molar-refractivity contribution >= 4 is 27.3 Å². The first-order valence-corrected chi connectivity index (χ1v) is 7.63. The Hall–Kier alpha value is -1.62. The molecule has 0 aromatic carbocycles. The number of amides is 1. The first-order chi connectivity index (χ1) is 9.47. The summed E-state index contributed by atoms with van der Waals surface area (Å²) in [5, 5.41) is 0.561. The summed E-state index contributed by atoms with van der Waals surface area (Å²) in [7, 11) is 3.51. The number of aryl methyl sites for hydroxylation is 2. The molecule has 0 aliphatic heterocycles. The van der Waals surface area contributed by atoms with Gasteiger partial charge in [0.2, 0.25) is 0 Å². The number of carbonyl (C=O) groups excluding carboxylic acids is 1. The van der Waals surface area contributed by atoms with E-state index in [4.69, 9.17) is 0 Å². The number of hydrogen-bond acceptors (Lipinski definition) is 3. The summed E-state index contributed by atoms with van der Waals surface area (Å²) in [4.78, 5) is 27.5. The van der Waals surface area contributed by atoms with Crippen molar-refractivity contribution in [2.24, 2.45) is 7.05 Å². The van der Waals surface area contributed by atoms with Crippen LogP contribution in [0.2, 0.25) is 0 Å². The van der Waals surface area contributed by atoms with Crippen molar-refractivity contribution in [2.75, 3.05) is 13.6 Å². The Labute approximate surface area is 122 Å². The van der Waals surface area contributed by atoms with Crippen LogP contribution in [0.3, 0.4) is 0 Å². The predicted octanol–water partition coefficient (Wildman–Crippen LogP) is 2.78. The molecule has 2 rings (SSSR count). The minimum atomic E-state index is -0.0981. The van der Waals surface area contributed by atoms with Crippen LogP contribution >= 0.6 is 11.3 Å². The summed E-state index contributed by atoms with van der Waals surface area (Å²) in [5.41, 5.74) is 0.476. The molecule has 0 N–H and O–H groups in total. The monoisotopic (exact) mass is 292 g/mol. The fourth-order valence-electron chi connectivity index (χ4n) is 2.26. The highest BCUT2D eigenvalue weighted by Crippen LogP contribution is 2.29. The van der Waals surface area contributed by atoms with Crippen molar-refractivity contribution in [3.05, 3.63) is 33.1 Å². The molecule has 0 fully saturated rings. The van der Waals surface area contributed by atoms with Crippen LogP contribution in [0.1, 0.15) is 35.0 Å². The van der Waals surface area contributed by atoms with Crippen molar-refractivity contribution in [3.8, 4) is 0 Å². The second-order valence-electron chi connectivity index (χ2n) is 5.08. The third kappa shape index (κ3) is 2.50. The molecule has 0 atom stereocenters. The molecule has 2 heterocycles. The predicted molar refractivity (Wildman–Crippen MR) is 83.7 cm³/mol. The fourth-order valence-corrected chi connectivity index (χ4v) is 3.31. The molecule has 0 saturated carbocycles. The molecule has 20 heavy (non-hydrogen) atoms. The van der Waals surface area contributed by atoms with Gasteiger partial charge in [-0.05, 0) is 19.4 Å². The van der Waals surface area contributed by atoms with Gasteiger partial charge in [0.05, 0.1) is 10.9 Å². The van der Waals surface area contributed by atoms with Gasteiger partial charge in [0, 0.05) is 36.4 Å². The third-order valence-corrected chi connectivity index (χ3v) is 4.57. The van der Waals surface area contributed by atoms with Gasteiger partial charge < -0.3 is 9.47 Å². The van der Waals surface area contributed by atoms with E-state index in [1.807, 2.05) is 13.0 Å². The molecular formula is C15H20N2O2S. The lowest BCUT2D eigenvalue weighted by molar-refractivity contribution is 0.0795. The number of carbonyl (C=O) groups is 1. The van der Waals surface area contributed by atoms with E-state index < -0.39 is 0 Å². The zero-order valence-electron chi connectivity index (χ0n) is 12.4. The van der Waals surface area contributed by atoms with Crippen molar-refractivity contribution in [3.63, 3.8) is 0 Å². The Morgan fingerprint density at radius 3 is 2.80 bits per heavy atom. The maximum absolute atomic E-state index is 12.6. The zero-order valence-corrected chi connectivity index (χ0v) is 13.2. The Bertz CT molecular complexity index is 700. The average Bonchev–Trinajstić information content (AvgIpc) is 2.76. The molecule has 0 saturated heterocycles. The maximum atomic E-state index is 12.6. The first-order valence-electron chi connectivity index (χ1n) is 6.81. The van der Waals surface area contributed by atoms with E-state index in [0.29, 0.717) is 10.9 Å². The van der Waals surface area contributed by atoms with Crippen molar-refractivity contribution < 1.29 is 4.79 Å². The van der Waals surface area contributed by atoms with Gasteiger partial charge in [-0.25, -0.2) is 0 Å². The molecule has 1 amide bonds. The highest BCUT2D eigenvalue weighted by Gasteiger charge is 2.22. The van der Waals surface area contributed by atoms with E-state index in [1.54, 1.807) is 25.2 Å². The molecule has 0 unspecified atom stereocenters. The lowest BCUT2D eigenvalue weighted by Crippen LogP contribution is -2.29. The van der Waals surface area contributed by atoms with E-state index in [-0.39, 0.29) is 11.5 Å². The zero-order chi connectivity index (χ0) is 14.9. The van der Waals surface area contributed by atoms with Gasteiger partial charge in [-0.15, -0.1) is 11.3 Å². The van der Waals surface area contributed by atoms with Crippen LogP contribution in [0.5, 0.6) is 0 Å². The second-order valence-corrected chi connectivity index (χ2v) is 6.34. The van der Waals surface area contributed by atoms with Crippen molar-refractivity contribution in [1.29, 1.82) is 0 Å². The smallest absolute Gasteiger partial charge is 0.259 e. The Kier molecular flexibility index (Phi) is 4.28. The number of unbranched alkanes of at least 4 members (excludes halogenated alkanes) is 1. The van der Waals surface area contributed by atoms with Crippen LogP contribution in [0, 0.1) is 6.92 Å². The minimum Gasteiger partial charge on any atom is -0.342 e. The molecule has 0 aliphatic rings. The summed E-state index contributed by atoms with van der Waals surface area (Å²) in [6.07, 6.45) is 3.76. The number of fused-ring (bicyclic) bond motifs is 1. The summed E-state index contributed by atoms with van der Waals surface area (Å²) in [5.74, 6) is -0.0505. The van der Waals surface area contributed by atoms with E-state index in [9.17, 15) is 9.59 Å². The van der Waals surface area contributed by atoms with Gasteiger partial charge in [0.25, 0.3) is 11.5 Å². The Morgan fingerprint density at radius 1 is 1.45 bits per heavy atom. The third-order valence-electron chi connectivity index (χ3n) is 3.50. The molecule has 108 valence electrons. The maximum Gasteiger partial charge on any atom is 0.259 e. The molecular weight excluding hydrogens is 272 g/mol. The fraction of sp³-hybridized carbons (Fsp3) is 0.467. The van der Waals surface area contributed by atoms with Gasteiger partial charge in [-0.3, -0.25) is 9.59 Å². The van der Waals surface area contributed by atoms with E-state index in [0.717, 1.165) is 29.0 Å². The van der Waals surface area contributed by atoms with Gasteiger partial charge in [0.15, 0.2) is 0 Å². The van der Waals surface area contributed by atoms with Crippen molar-refractivity contribution in [1.82, 2.24) is 9.47 Å². The van der Waals surface area contributed by atoms with Crippen LogP contribution in [0.4, 0.5) is 0 Å². The van der Waals surface area contributed by atoms with Gasteiger partial charge in [0.1, 0.15) is 0 Å². The number of rotatable bonds is 4. The Morgan fingerprint density at radius 2 is 2.15 bits per heavy atom. The topological polar surface area (TPSA) is 42.3 Å². The van der Waals surface area contributed by atoms with E-state index in [2.05, 4.69) is 6.92 Å². The van der Waals surface area contributed by atoms with Crippen LogP contribution in [0.15, 0.2) is 17.1 Å². The lowest BCUT2D eigenvalue weighted by atomic mass is 10.1. The van der Waals surface area contributed by atoms with E-state index >= 15 is 0 Å². The van der Waals surface area contributed by atoms with Gasteiger partial charge in [-0.1, -0.05) is 13.3 Å². The SMILES string of the molecule is CCCCN(C)C(=O)c1c(C)sc2ccn(C)c(=O)c12. The lowest BCUT2D eigenvalue weighted by Gasteiger charge is -2.16. The molecule has 0 spiro atoms. The summed E-state index contributed by atoms with van der Waals surface area (Å²) in [6, 6.07) is 1.90. The minimum absolute atomic E-state index is 0.0505. The number of aromatic nitrogens is 1. The molecule has 5 heteroatoms. The van der Waals surface area contributed by atoms with Crippen LogP contribution < -0.4 is 5.56 Å². The highest BCUT2D eigenvalue weighted by atomic mass is 32.1. The Balaban J connectivity index is 2.54. The van der Waals surface area contributed by atoms with E-state index in [1.165, 1.54) is 15.9 Å². The number of hydrogen-bond donors (Lipinski definition) is 0. The van der Waals surface area contributed by atoms with Crippen LogP contribution in [0.25, 0.3) is 10.1 Å². The molecule has 2 aromatic rings. The number of nitrogens with zero attached hydrogens (tertiary/aromatic N) is 2. The number of pyridine rings is 1. The molecule has 0 radical (unpaired) electrons. The van der Waals surface area contributed by atoms with Crippen LogP contribution in [-0.2, 0) is 7.05 Å². The van der Waals surface area contributed by atoms with Gasteiger partial charge in [-0.2, -0.15) is 0 Å². The molecule has 0 aliphatic carbocycles. The second kappa shape index (κ2) is 5.79. The summed E-state index contributed by atoms with van der Waals surface area (Å²) < 4.78 is 2.41. The first kappa shape index (κ1) is 14.8. The largest absolute Gasteiger partial charge is 0.342 e. The highest BCUT2D eigenvalue weighted by molar-refractivity contribution is 7.19. The van der Waals surface area contributed by atoms with Crippen LogP contribution in [-0.4, -0.2) is 29.0 Å². The molecule has 2 aromatic heterocycles. The molecule has 4 nitrogen and oxygen atoms in total. The normalized spacial score (nSPS) is 11.0. The average molecular weight is 292 g/mol.